The number of hydrogen-bond donors (Lipinski definition) is 0. The molecule has 4 rings (SSSR count). The van der Waals surface area contributed by atoms with Gasteiger partial charge in [0.15, 0.2) is 0 Å². The molecule has 1 aromatic rings. The first-order chi connectivity index (χ1) is 11.8. The number of allylic oxidation sites excluding steroid dienone is 1. The lowest BCUT2D eigenvalue weighted by Gasteiger charge is -2.39. The summed E-state index contributed by atoms with van der Waals surface area (Å²) < 4.78 is 0. The van der Waals surface area contributed by atoms with Gasteiger partial charge in [-0.1, -0.05) is 24.3 Å². The van der Waals surface area contributed by atoms with Crippen LogP contribution < -0.4 is 4.90 Å². The van der Waals surface area contributed by atoms with Crippen LogP contribution in [-0.2, 0) is 6.42 Å². The predicted molar refractivity (Wildman–Crippen MR) is 103 cm³/mol. The van der Waals surface area contributed by atoms with Gasteiger partial charge in [0.25, 0.3) is 0 Å². The summed E-state index contributed by atoms with van der Waals surface area (Å²) in [4.78, 5) is 5.49. The fourth-order valence-electron chi connectivity index (χ4n) is 5.47. The molecule has 2 atom stereocenters. The normalized spacial score (nSPS) is 29.5. The van der Waals surface area contributed by atoms with Crippen LogP contribution in [0.5, 0.6) is 0 Å². The standard InChI is InChI=1S/C22H32N2/c1-2-7-18-16-20-11-12-21(17-18)24(20)15-6-14-23-13-5-9-19-8-3-4-10-22(19)23/h2-4,8,10,18,20-21H,1,5-7,9,11-17H2. The maximum absolute atomic E-state index is 3.94. The van der Waals surface area contributed by atoms with Crippen LogP contribution in [0.3, 0.4) is 0 Å². The van der Waals surface area contributed by atoms with Gasteiger partial charge in [-0.15, -0.1) is 6.58 Å². The SMILES string of the molecule is C=CCC1CC2CCC(C1)N2CCCN1CCCc2ccccc21. The Hall–Kier alpha value is -1.28. The molecule has 1 aromatic carbocycles. The predicted octanol–water partition coefficient (Wildman–Crippen LogP) is 4.65. The number of piperidine rings is 1. The molecule has 0 radical (unpaired) electrons. The van der Waals surface area contributed by atoms with Gasteiger partial charge < -0.3 is 4.90 Å². The number of aryl methyl sites for hydroxylation is 1. The second-order valence-corrected chi connectivity index (χ2v) is 8.06. The summed E-state index contributed by atoms with van der Waals surface area (Å²) in [6.07, 6.45) is 12.9. The summed E-state index contributed by atoms with van der Waals surface area (Å²) in [6.45, 7) is 7.71. The number of hydrogen-bond acceptors (Lipinski definition) is 2. The molecule has 3 aliphatic heterocycles. The molecule has 2 nitrogen and oxygen atoms in total. The molecule has 0 aromatic heterocycles. The third-order valence-corrected chi connectivity index (χ3v) is 6.53. The lowest BCUT2D eigenvalue weighted by Crippen LogP contribution is -2.44. The average Bonchev–Trinajstić information content (AvgIpc) is 2.85. The minimum atomic E-state index is 0.863. The van der Waals surface area contributed by atoms with Crippen LogP contribution in [0.15, 0.2) is 36.9 Å². The zero-order chi connectivity index (χ0) is 16.4. The van der Waals surface area contributed by atoms with E-state index in [1.165, 1.54) is 76.7 Å². The fourth-order valence-corrected chi connectivity index (χ4v) is 5.47. The smallest absolute Gasteiger partial charge is 0.0398 e. The van der Waals surface area contributed by atoms with Crippen molar-refractivity contribution in [2.24, 2.45) is 5.92 Å². The number of nitrogens with zero attached hydrogens (tertiary/aromatic N) is 2. The van der Waals surface area contributed by atoms with Gasteiger partial charge in [-0.3, -0.25) is 4.90 Å². The van der Waals surface area contributed by atoms with Crippen LogP contribution in [0.1, 0.15) is 50.5 Å². The van der Waals surface area contributed by atoms with E-state index in [4.69, 9.17) is 0 Å². The zero-order valence-electron chi connectivity index (χ0n) is 15.0. The molecular formula is C22H32N2. The van der Waals surface area contributed by atoms with Crippen molar-refractivity contribution in [3.63, 3.8) is 0 Å². The van der Waals surface area contributed by atoms with Gasteiger partial charge in [-0.2, -0.15) is 0 Å². The van der Waals surface area contributed by atoms with Gasteiger partial charge >= 0.3 is 0 Å². The molecule has 2 saturated heterocycles. The first kappa shape index (κ1) is 16.2. The summed E-state index contributed by atoms with van der Waals surface area (Å²) in [5, 5.41) is 0. The maximum Gasteiger partial charge on any atom is 0.0398 e. The molecule has 3 aliphatic rings. The number of fused-ring (bicyclic) bond motifs is 3. The lowest BCUT2D eigenvalue weighted by molar-refractivity contribution is 0.104. The molecule has 2 bridgehead atoms. The molecule has 2 heteroatoms. The maximum atomic E-state index is 3.94. The van der Waals surface area contributed by atoms with Gasteiger partial charge in [0, 0.05) is 37.4 Å². The van der Waals surface area contributed by atoms with Gasteiger partial charge in [-0.05, 0) is 68.9 Å². The Morgan fingerprint density at radius 2 is 1.88 bits per heavy atom. The first-order valence-electron chi connectivity index (χ1n) is 10.0. The Balaban J connectivity index is 1.30. The Kier molecular flexibility index (Phi) is 4.93. The van der Waals surface area contributed by atoms with Crippen molar-refractivity contribution in [1.82, 2.24) is 4.90 Å². The van der Waals surface area contributed by atoms with E-state index in [9.17, 15) is 0 Å². The third-order valence-electron chi connectivity index (χ3n) is 6.53. The zero-order valence-corrected chi connectivity index (χ0v) is 15.0. The number of anilines is 1. The topological polar surface area (TPSA) is 6.48 Å². The van der Waals surface area contributed by atoms with E-state index >= 15 is 0 Å². The van der Waals surface area contributed by atoms with Crippen molar-refractivity contribution in [2.45, 2.75) is 63.5 Å². The van der Waals surface area contributed by atoms with Crippen molar-refractivity contribution in [3.8, 4) is 0 Å². The van der Waals surface area contributed by atoms with Crippen LogP contribution in [0, 0.1) is 5.92 Å². The summed E-state index contributed by atoms with van der Waals surface area (Å²) >= 11 is 0. The summed E-state index contributed by atoms with van der Waals surface area (Å²) in [5.41, 5.74) is 3.05. The summed E-state index contributed by atoms with van der Waals surface area (Å²) in [6, 6.07) is 10.7. The molecule has 24 heavy (non-hydrogen) atoms. The first-order valence-corrected chi connectivity index (χ1v) is 10.0. The van der Waals surface area contributed by atoms with Crippen molar-refractivity contribution in [3.05, 3.63) is 42.5 Å². The average molecular weight is 325 g/mol. The molecule has 3 heterocycles. The summed E-state index contributed by atoms with van der Waals surface area (Å²) in [7, 11) is 0. The van der Waals surface area contributed by atoms with E-state index in [0.717, 1.165) is 18.0 Å². The molecule has 2 fully saturated rings. The monoisotopic (exact) mass is 324 g/mol. The quantitative estimate of drug-likeness (QED) is 0.703. The van der Waals surface area contributed by atoms with Gasteiger partial charge in [0.1, 0.15) is 0 Å². The van der Waals surface area contributed by atoms with Gasteiger partial charge in [0.2, 0.25) is 0 Å². The third kappa shape index (κ3) is 3.26. The van der Waals surface area contributed by atoms with E-state index in [0.29, 0.717) is 0 Å². The molecule has 0 N–H and O–H groups in total. The second-order valence-electron chi connectivity index (χ2n) is 8.06. The highest BCUT2D eigenvalue weighted by Crippen LogP contribution is 2.40. The highest BCUT2D eigenvalue weighted by Gasteiger charge is 2.39. The number of para-hydroxylation sites is 1. The van der Waals surface area contributed by atoms with Gasteiger partial charge in [0.05, 0.1) is 0 Å². The van der Waals surface area contributed by atoms with E-state index in [-0.39, 0.29) is 0 Å². The van der Waals surface area contributed by atoms with Crippen LogP contribution in [0.4, 0.5) is 5.69 Å². The molecule has 0 spiro atoms. The molecular weight excluding hydrogens is 292 g/mol. The van der Waals surface area contributed by atoms with E-state index in [2.05, 4.69) is 46.7 Å². The second kappa shape index (κ2) is 7.31. The molecule has 130 valence electrons. The minimum absolute atomic E-state index is 0.863. The number of benzene rings is 1. The van der Waals surface area contributed by atoms with Gasteiger partial charge in [-0.25, -0.2) is 0 Å². The van der Waals surface area contributed by atoms with Crippen molar-refractivity contribution < 1.29 is 0 Å². The Morgan fingerprint density at radius 1 is 1.08 bits per heavy atom. The van der Waals surface area contributed by atoms with Crippen LogP contribution in [0.25, 0.3) is 0 Å². The van der Waals surface area contributed by atoms with Crippen molar-refractivity contribution >= 4 is 5.69 Å². The van der Waals surface area contributed by atoms with Crippen LogP contribution >= 0.6 is 0 Å². The Labute approximate surface area is 147 Å². The Morgan fingerprint density at radius 3 is 2.67 bits per heavy atom. The highest BCUT2D eigenvalue weighted by atomic mass is 15.2. The molecule has 0 aliphatic carbocycles. The molecule has 0 saturated carbocycles. The molecule has 2 unspecified atom stereocenters. The molecule has 0 amide bonds. The fraction of sp³-hybridized carbons (Fsp3) is 0.636. The van der Waals surface area contributed by atoms with Crippen LogP contribution in [0.2, 0.25) is 0 Å². The van der Waals surface area contributed by atoms with E-state index in [1.54, 1.807) is 5.56 Å². The number of rotatable bonds is 6. The van der Waals surface area contributed by atoms with Crippen molar-refractivity contribution in [2.75, 3.05) is 24.5 Å². The Bertz CT molecular complexity index is 553. The van der Waals surface area contributed by atoms with Crippen LogP contribution in [-0.4, -0.2) is 36.6 Å². The largest absolute Gasteiger partial charge is 0.371 e. The highest BCUT2D eigenvalue weighted by molar-refractivity contribution is 5.55. The summed E-state index contributed by atoms with van der Waals surface area (Å²) in [5.74, 6) is 0.908. The van der Waals surface area contributed by atoms with Crippen molar-refractivity contribution in [1.29, 1.82) is 0 Å². The minimum Gasteiger partial charge on any atom is -0.371 e. The van der Waals surface area contributed by atoms with E-state index < -0.39 is 0 Å². The lowest BCUT2D eigenvalue weighted by atomic mass is 9.88. The van der Waals surface area contributed by atoms with E-state index in [1.807, 2.05) is 0 Å².